The molecule has 1 saturated carbocycles. The predicted octanol–water partition coefficient (Wildman–Crippen LogP) is 3.95. The summed E-state index contributed by atoms with van der Waals surface area (Å²) in [5.41, 5.74) is 2.21. The third kappa shape index (κ3) is 3.18. The van der Waals surface area contributed by atoms with Crippen LogP contribution in [0.25, 0.3) is 0 Å². The first kappa shape index (κ1) is 17.3. The maximum absolute atomic E-state index is 13.9. The van der Waals surface area contributed by atoms with Crippen molar-refractivity contribution >= 4 is 23.3 Å². The molecule has 132 valence electrons. The number of halogens is 2. The molecule has 1 aliphatic heterocycles. The maximum Gasteiger partial charge on any atom is 0.327 e. The van der Waals surface area contributed by atoms with Gasteiger partial charge in [0.25, 0.3) is 5.92 Å². The molecule has 1 aromatic rings. The number of alkyl halides is 2. The molecule has 0 spiro atoms. The predicted molar refractivity (Wildman–Crippen MR) is 88.2 cm³/mol. The first-order valence-electron chi connectivity index (χ1n) is 8.30. The highest BCUT2D eigenvalue weighted by Gasteiger charge is 2.46. The van der Waals surface area contributed by atoms with Crippen LogP contribution in [0, 0.1) is 19.8 Å². The number of carbonyl (C=O) groups excluding carboxylic acids is 2. The Kier molecular flexibility index (Phi) is 4.64. The highest BCUT2D eigenvalue weighted by molar-refractivity contribution is 7.10. The van der Waals surface area contributed by atoms with Crippen molar-refractivity contribution in [3.8, 4) is 0 Å². The van der Waals surface area contributed by atoms with Gasteiger partial charge in [-0.1, -0.05) is 0 Å². The van der Waals surface area contributed by atoms with E-state index in [2.05, 4.69) is 0 Å². The summed E-state index contributed by atoms with van der Waals surface area (Å²) in [7, 11) is 0. The van der Waals surface area contributed by atoms with Crippen molar-refractivity contribution in [1.29, 1.82) is 0 Å². The zero-order valence-electron chi connectivity index (χ0n) is 14.0. The molecule has 2 aliphatic rings. The van der Waals surface area contributed by atoms with E-state index in [0.717, 1.165) is 16.0 Å². The van der Waals surface area contributed by atoms with Crippen molar-refractivity contribution in [1.82, 2.24) is 9.80 Å². The monoisotopic (exact) mass is 356 g/mol. The van der Waals surface area contributed by atoms with Crippen molar-refractivity contribution in [2.75, 3.05) is 13.1 Å². The van der Waals surface area contributed by atoms with E-state index in [1.807, 2.05) is 19.2 Å². The number of urea groups is 1. The molecule has 0 radical (unpaired) electrons. The molecule has 7 heteroatoms. The number of hydrogen-bond acceptors (Lipinski definition) is 3. The summed E-state index contributed by atoms with van der Waals surface area (Å²) >= 11 is 1.63. The lowest BCUT2D eigenvalue weighted by Gasteiger charge is -2.36. The van der Waals surface area contributed by atoms with Crippen molar-refractivity contribution in [2.45, 2.75) is 52.0 Å². The summed E-state index contributed by atoms with van der Waals surface area (Å²) in [5.74, 6) is -4.02. The molecule has 0 N–H and O–H groups in total. The molecule has 4 nitrogen and oxygen atoms in total. The van der Waals surface area contributed by atoms with Crippen molar-refractivity contribution in [3.05, 3.63) is 21.4 Å². The molecule has 2 fully saturated rings. The van der Waals surface area contributed by atoms with Crippen LogP contribution in [0.2, 0.25) is 0 Å². The Bertz CT molecular complexity index is 659. The summed E-state index contributed by atoms with van der Waals surface area (Å²) in [6, 6.07) is -0.433. The van der Waals surface area contributed by atoms with Gasteiger partial charge in [-0.3, -0.25) is 9.69 Å². The van der Waals surface area contributed by atoms with E-state index in [1.54, 1.807) is 16.2 Å². The zero-order valence-corrected chi connectivity index (χ0v) is 14.8. The van der Waals surface area contributed by atoms with Crippen LogP contribution in [-0.4, -0.2) is 40.8 Å². The molecule has 1 aromatic heterocycles. The Balaban J connectivity index is 1.72. The molecule has 0 bridgehead atoms. The standard InChI is InChI=1S/C17H22F2N2O2S/c1-11-12(2)24-10-13(11)8-20-7-5-15(22)21(16(20)23)9-14-4-3-6-17(14,18)19/h10,14H,3-9H2,1-2H3. The van der Waals surface area contributed by atoms with Crippen LogP contribution in [0.3, 0.4) is 0 Å². The van der Waals surface area contributed by atoms with E-state index in [9.17, 15) is 18.4 Å². The molecule has 1 unspecified atom stereocenters. The number of amides is 3. The smallest absolute Gasteiger partial charge is 0.319 e. The van der Waals surface area contributed by atoms with Crippen LogP contribution in [0.4, 0.5) is 13.6 Å². The zero-order chi connectivity index (χ0) is 17.5. The number of hydrogen-bond donors (Lipinski definition) is 0. The van der Waals surface area contributed by atoms with Gasteiger partial charge in [-0.05, 0) is 43.2 Å². The fourth-order valence-corrected chi connectivity index (χ4v) is 4.31. The number of nitrogens with zero attached hydrogens (tertiary/aromatic N) is 2. The second-order valence-corrected chi connectivity index (χ2v) is 7.83. The minimum atomic E-state index is -2.77. The highest BCUT2D eigenvalue weighted by Crippen LogP contribution is 2.41. The number of thiophene rings is 1. The summed E-state index contributed by atoms with van der Waals surface area (Å²) in [6.45, 7) is 4.66. The lowest BCUT2D eigenvalue weighted by molar-refractivity contribution is -0.133. The molecule has 24 heavy (non-hydrogen) atoms. The Morgan fingerprint density at radius 2 is 2.08 bits per heavy atom. The molecule has 2 heterocycles. The minimum absolute atomic E-state index is 0.148. The Morgan fingerprint density at radius 3 is 2.67 bits per heavy atom. The van der Waals surface area contributed by atoms with Gasteiger partial charge in [0.05, 0.1) is 0 Å². The van der Waals surface area contributed by atoms with Crippen LogP contribution >= 0.6 is 11.3 Å². The number of rotatable bonds is 4. The van der Waals surface area contributed by atoms with Crippen LogP contribution < -0.4 is 0 Å². The number of imide groups is 1. The number of carbonyl (C=O) groups is 2. The van der Waals surface area contributed by atoms with E-state index >= 15 is 0 Å². The van der Waals surface area contributed by atoms with Gasteiger partial charge in [-0.2, -0.15) is 0 Å². The third-order valence-electron chi connectivity index (χ3n) is 5.21. The highest BCUT2D eigenvalue weighted by atomic mass is 32.1. The molecule has 1 atom stereocenters. The van der Waals surface area contributed by atoms with Crippen molar-refractivity contribution in [2.24, 2.45) is 5.92 Å². The summed E-state index contributed by atoms with van der Waals surface area (Å²) in [6.07, 6.45) is 0.870. The Labute approximate surface area is 144 Å². The van der Waals surface area contributed by atoms with E-state index < -0.39 is 17.9 Å². The van der Waals surface area contributed by atoms with Gasteiger partial charge in [0.15, 0.2) is 0 Å². The third-order valence-corrected chi connectivity index (χ3v) is 6.27. The first-order valence-corrected chi connectivity index (χ1v) is 9.18. The fraction of sp³-hybridized carbons (Fsp3) is 0.647. The Morgan fingerprint density at radius 1 is 1.33 bits per heavy atom. The largest absolute Gasteiger partial charge is 0.327 e. The molecule has 0 aromatic carbocycles. The minimum Gasteiger partial charge on any atom is -0.319 e. The maximum atomic E-state index is 13.9. The van der Waals surface area contributed by atoms with Crippen LogP contribution in [0.15, 0.2) is 5.38 Å². The lowest BCUT2D eigenvalue weighted by atomic mass is 10.0. The van der Waals surface area contributed by atoms with E-state index in [1.165, 1.54) is 4.88 Å². The molecular formula is C17H22F2N2O2S. The summed E-state index contributed by atoms with van der Waals surface area (Å²) in [4.78, 5) is 28.6. The van der Waals surface area contributed by atoms with Gasteiger partial charge in [0.1, 0.15) is 0 Å². The SMILES string of the molecule is Cc1scc(CN2CCC(=O)N(CC3CCCC3(F)F)C2=O)c1C. The first-order chi connectivity index (χ1) is 11.3. The molecule has 1 saturated heterocycles. The normalized spacial score (nSPS) is 24.1. The lowest BCUT2D eigenvalue weighted by Crippen LogP contribution is -2.54. The van der Waals surface area contributed by atoms with Crippen molar-refractivity contribution in [3.63, 3.8) is 0 Å². The van der Waals surface area contributed by atoms with Gasteiger partial charge in [-0.15, -0.1) is 11.3 Å². The summed E-state index contributed by atoms with van der Waals surface area (Å²) < 4.78 is 27.7. The van der Waals surface area contributed by atoms with Crippen LogP contribution in [0.1, 0.15) is 41.7 Å². The second kappa shape index (κ2) is 6.43. The average Bonchev–Trinajstić information content (AvgIpc) is 3.02. The van der Waals surface area contributed by atoms with Crippen LogP contribution in [0.5, 0.6) is 0 Å². The molecule has 1 aliphatic carbocycles. The van der Waals surface area contributed by atoms with E-state index in [-0.39, 0.29) is 25.3 Å². The van der Waals surface area contributed by atoms with Crippen LogP contribution in [-0.2, 0) is 11.3 Å². The van der Waals surface area contributed by atoms with Gasteiger partial charge in [0, 0.05) is 43.3 Å². The average molecular weight is 356 g/mol. The second-order valence-electron chi connectivity index (χ2n) is 6.75. The van der Waals surface area contributed by atoms with Gasteiger partial charge in [0.2, 0.25) is 5.91 Å². The quantitative estimate of drug-likeness (QED) is 0.819. The van der Waals surface area contributed by atoms with Gasteiger partial charge < -0.3 is 4.90 Å². The van der Waals surface area contributed by atoms with E-state index in [0.29, 0.717) is 25.9 Å². The van der Waals surface area contributed by atoms with E-state index in [4.69, 9.17) is 0 Å². The summed E-state index contributed by atoms with van der Waals surface area (Å²) in [5, 5.41) is 2.02. The molecular weight excluding hydrogens is 334 g/mol. The Hall–Kier alpha value is -1.50. The van der Waals surface area contributed by atoms with Gasteiger partial charge in [-0.25, -0.2) is 13.6 Å². The fourth-order valence-electron chi connectivity index (χ4n) is 3.43. The topological polar surface area (TPSA) is 40.6 Å². The molecule has 3 rings (SSSR count). The number of aryl methyl sites for hydroxylation is 1. The molecule has 3 amide bonds. The van der Waals surface area contributed by atoms with Gasteiger partial charge >= 0.3 is 6.03 Å². The van der Waals surface area contributed by atoms with Crippen molar-refractivity contribution < 1.29 is 18.4 Å².